The van der Waals surface area contributed by atoms with Crippen LogP contribution in [-0.2, 0) is 16.1 Å². The number of nitrogens with zero attached hydrogens (tertiary/aromatic N) is 2. The molecular formula is C23H21FN4O3. The first-order valence-electron chi connectivity index (χ1n) is 9.63. The van der Waals surface area contributed by atoms with Crippen LogP contribution >= 0.6 is 0 Å². The van der Waals surface area contributed by atoms with Crippen LogP contribution in [0.15, 0.2) is 60.8 Å². The van der Waals surface area contributed by atoms with E-state index in [1.807, 2.05) is 35.0 Å². The zero-order chi connectivity index (χ0) is 22.2. The molecule has 31 heavy (non-hydrogen) atoms. The monoisotopic (exact) mass is 420 g/mol. The average molecular weight is 420 g/mol. The van der Waals surface area contributed by atoms with Crippen LogP contribution in [0.3, 0.4) is 0 Å². The highest BCUT2D eigenvalue weighted by Gasteiger charge is 2.16. The van der Waals surface area contributed by atoms with Gasteiger partial charge in [0.1, 0.15) is 0 Å². The Balaban J connectivity index is 1.59. The molecule has 0 fully saturated rings. The van der Waals surface area contributed by atoms with E-state index < -0.39 is 23.7 Å². The minimum absolute atomic E-state index is 0.0517. The van der Waals surface area contributed by atoms with E-state index in [1.54, 1.807) is 12.1 Å². The van der Waals surface area contributed by atoms with Crippen LogP contribution in [0.2, 0.25) is 0 Å². The highest BCUT2D eigenvalue weighted by molar-refractivity contribution is 5.97. The SMILES string of the molecule is C[C@@H](Oc1ccccc1F)C(=O)NNC(=O)/C=C/c1cn(CCC#N)c2ccccc12. The number of rotatable bonds is 7. The Morgan fingerprint density at radius 2 is 1.94 bits per heavy atom. The highest BCUT2D eigenvalue weighted by atomic mass is 19.1. The fourth-order valence-electron chi connectivity index (χ4n) is 2.98. The van der Waals surface area contributed by atoms with Crippen molar-refractivity contribution in [2.24, 2.45) is 0 Å². The molecule has 0 aliphatic heterocycles. The number of aromatic nitrogens is 1. The molecule has 0 aliphatic carbocycles. The minimum atomic E-state index is -1.01. The number of nitriles is 1. The quantitative estimate of drug-likeness (QED) is 0.453. The third-order valence-corrected chi connectivity index (χ3v) is 4.52. The molecule has 158 valence electrons. The van der Waals surface area contributed by atoms with Gasteiger partial charge in [0.15, 0.2) is 17.7 Å². The Labute approximate surface area is 178 Å². The number of para-hydroxylation sites is 2. The maximum atomic E-state index is 13.6. The Bertz CT molecular complexity index is 1160. The number of amides is 2. The number of hydrazine groups is 1. The van der Waals surface area contributed by atoms with Gasteiger partial charge in [-0.15, -0.1) is 0 Å². The summed E-state index contributed by atoms with van der Waals surface area (Å²) in [4.78, 5) is 24.2. The van der Waals surface area contributed by atoms with E-state index in [-0.39, 0.29) is 5.75 Å². The van der Waals surface area contributed by atoms with E-state index >= 15 is 0 Å². The van der Waals surface area contributed by atoms with Gasteiger partial charge in [0.05, 0.1) is 12.5 Å². The van der Waals surface area contributed by atoms with Crippen molar-refractivity contribution in [1.82, 2.24) is 15.4 Å². The third-order valence-electron chi connectivity index (χ3n) is 4.52. The molecule has 0 aliphatic rings. The maximum absolute atomic E-state index is 13.6. The Morgan fingerprint density at radius 1 is 1.19 bits per heavy atom. The Morgan fingerprint density at radius 3 is 2.71 bits per heavy atom. The molecule has 0 bridgehead atoms. The van der Waals surface area contributed by atoms with E-state index in [1.165, 1.54) is 31.2 Å². The van der Waals surface area contributed by atoms with Crippen molar-refractivity contribution in [2.75, 3.05) is 0 Å². The second-order valence-electron chi connectivity index (χ2n) is 6.71. The molecule has 0 saturated carbocycles. The van der Waals surface area contributed by atoms with Crippen molar-refractivity contribution >= 4 is 28.8 Å². The largest absolute Gasteiger partial charge is 0.478 e. The van der Waals surface area contributed by atoms with E-state index in [0.717, 1.165) is 16.5 Å². The topological polar surface area (TPSA) is 96.2 Å². The fraction of sp³-hybridized carbons (Fsp3) is 0.174. The van der Waals surface area contributed by atoms with Crippen LogP contribution in [0.25, 0.3) is 17.0 Å². The molecule has 2 N–H and O–H groups in total. The molecular weight excluding hydrogens is 399 g/mol. The molecule has 1 aromatic heterocycles. The van der Waals surface area contributed by atoms with Crippen molar-refractivity contribution in [3.05, 3.63) is 72.2 Å². The molecule has 7 nitrogen and oxygen atoms in total. The molecule has 2 amide bonds. The number of benzene rings is 2. The molecule has 1 heterocycles. The lowest BCUT2D eigenvalue weighted by Crippen LogP contribution is -2.46. The predicted molar refractivity (Wildman–Crippen MR) is 114 cm³/mol. The van der Waals surface area contributed by atoms with Crippen LogP contribution in [-0.4, -0.2) is 22.5 Å². The number of hydrogen-bond acceptors (Lipinski definition) is 4. The number of hydrogen-bond donors (Lipinski definition) is 2. The van der Waals surface area contributed by atoms with Gasteiger partial charge in [-0.3, -0.25) is 20.4 Å². The van der Waals surface area contributed by atoms with Crippen LogP contribution < -0.4 is 15.6 Å². The van der Waals surface area contributed by atoms with Gasteiger partial charge in [-0.25, -0.2) is 4.39 Å². The Kier molecular flexibility index (Phi) is 7.01. The lowest BCUT2D eigenvalue weighted by molar-refractivity contribution is -0.131. The summed E-state index contributed by atoms with van der Waals surface area (Å²) in [5.74, 6) is -1.80. The summed E-state index contributed by atoms with van der Waals surface area (Å²) < 4.78 is 20.8. The first-order valence-corrected chi connectivity index (χ1v) is 9.63. The second kappa shape index (κ2) is 10.1. The van der Waals surface area contributed by atoms with Gasteiger partial charge in [0, 0.05) is 35.3 Å². The zero-order valence-corrected chi connectivity index (χ0v) is 16.8. The summed E-state index contributed by atoms with van der Waals surface area (Å²) in [5.41, 5.74) is 6.30. The van der Waals surface area contributed by atoms with Crippen molar-refractivity contribution in [3.63, 3.8) is 0 Å². The van der Waals surface area contributed by atoms with Gasteiger partial charge >= 0.3 is 0 Å². The summed E-state index contributed by atoms with van der Waals surface area (Å²) in [5, 5.41) is 9.77. The van der Waals surface area contributed by atoms with Gasteiger partial charge in [-0.2, -0.15) is 5.26 Å². The molecule has 0 radical (unpaired) electrons. The highest BCUT2D eigenvalue weighted by Crippen LogP contribution is 2.22. The van der Waals surface area contributed by atoms with Crippen LogP contribution in [0.4, 0.5) is 4.39 Å². The molecule has 0 unspecified atom stereocenters. The number of nitrogens with one attached hydrogen (secondary N) is 2. The van der Waals surface area contributed by atoms with Crippen molar-refractivity contribution < 1.29 is 18.7 Å². The molecule has 0 saturated heterocycles. The number of fused-ring (bicyclic) bond motifs is 1. The summed E-state index contributed by atoms with van der Waals surface area (Å²) in [7, 11) is 0. The molecule has 0 spiro atoms. The lowest BCUT2D eigenvalue weighted by atomic mass is 10.1. The molecule has 3 rings (SSSR count). The zero-order valence-electron chi connectivity index (χ0n) is 16.8. The average Bonchev–Trinajstić information content (AvgIpc) is 3.13. The van der Waals surface area contributed by atoms with Gasteiger partial charge in [-0.05, 0) is 31.2 Å². The summed E-state index contributed by atoms with van der Waals surface area (Å²) >= 11 is 0. The first-order chi connectivity index (χ1) is 15.0. The number of halogens is 1. The van der Waals surface area contributed by atoms with Crippen LogP contribution in [0.1, 0.15) is 18.9 Å². The van der Waals surface area contributed by atoms with E-state index in [9.17, 15) is 14.0 Å². The normalized spacial score (nSPS) is 11.8. The number of carbonyl (C=O) groups excluding carboxylic acids is 2. The van der Waals surface area contributed by atoms with E-state index in [4.69, 9.17) is 10.00 Å². The number of carbonyl (C=O) groups is 2. The summed E-state index contributed by atoms with van der Waals surface area (Å²) in [6.45, 7) is 1.99. The van der Waals surface area contributed by atoms with Gasteiger partial charge in [-0.1, -0.05) is 30.3 Å². The maximum Gasteiger partial charge on any atom is 0.279 e. The standard InChI is InChI=1S/C23H21FN4O3/c1-16(31-21-10-5-3-8-19(21)24)23(30)27-26-22(29)12-11-17-15-28(14-6-13-25)20-9-4-2-7-18(17)20/h2-5,7-12,15-16H,6,14H2,1H3,(H,26,29)(H,27,30)/b12-11+/t16-/m1/s1. The molecule has 3 aromatic rings. The van der Waals surface area contributed by atoms with Gasteiger partial charge in [0.25, 0.3) is 11.8 Å². The fourth-order valence-corrected chi connectivity index (χ4v) is 2.98. The first kappa shape index (κ1) is 21.6. The summed E-state index contributed by atoms with van der Waals surface area (Å²) in [6, 6.07) is 15.5. The smallest absolute Gasteiger partial charge is 0.279 e. The minimum Gasteiger partial charge on any atom is -0.478 e. The third kappa shape index (κ3) is 5.48. The van der Waals surface area contributed by atoms with E-state index in [0.29, 0.717) is 13.0 Å². The predicted octanol–water partition coefficient (Wildman–Crippen LogP) is 3.32. The molecule has 1 atom stereocenters. The molecule has 8 heteroatoms. The van der Waals surface area contributed by atoms with Crippen molar-refractivity contribution in [1.29, 1.82) is 5.26 Å². The van der Waals surface area contributed by atoms with E-state index in [2.05, 4.69) is 16.9 Å². The lowest BCUT2D eigenvalue weighted by Gasteiger charge is -2.15. The second-order valence-corrected chi connectivity index (χ2v) is 6.71. The van der Waals surface area contributed by atoms with Gasteiger partial charge < -0.3 is 9.30 Å². The van der Waals surface area contributed by atoms with Crippen LogP contribution in [0, 0.1) is 17.1 Å². The van der Waals surface area contributed by atoms with Crippen LogP contribution in [0.5, 0.6) is 5.75 Å². The Hall–Kier alpha value is -4.12. The van der Waals surface area contributed by atoms with Crippen molar-refractivity contribution in [2.45, 2.75) is 26.0 Å². The van der Waals surface area contributed by atoms with Crippen molar-refractivity contribution in [3.8, 4) is 11.8 Å². The number of aryl methyl sites for hydroxylation is 1. The summed E-state index contributed by atoms with van der Waals surface area (Å²) in [6.07, 6.45) is 4.15. The van der Waals surface area contributed by atoms with Gasteiger partial charge in [0.2, 0.25) is 0 Å². The molecule has 2 aromatic carbocycles. The number of ether oxygens (including phenoxy) is 1.